The molecular formula is C12H15ClINO. The molecule has 2 nitrogen and oxygen atoms in total. The molecule has 0 atom stereocenters. The van der Waals surface area contributed by atoms with Gasteiger partial charge in [0.2, 0.25) is 0 Å². The maximum absolute atomic E-state index is 12.1. The second kappa shape index (κ2) is 7.12. The van der Waals surface area contributed by atoms with Gasteiger partial charge in [-0.05, 0) is 54.1 Å². The Labute approximate surface area is 115 Å². The highest BCUT2D eigenvalue weighted by Crippen LogP contribution is 2.10. The van der Waals surface area contributed by atoms with E-state index in [1.54, 1.807) is 0 Å². The van der Waals surface area contributed by atoms with Crippen molar-refractivity contribution in [2.24, 2.45) is 0 Å². The van der Waals surface area contributed by atoms with Crippen LogP contribution in [-0.2, 0) is 0 Å². The number of benzene rings is 1. The second-order valence-corrected chi connectivity index (χ2v) is 5.06. The first-order valence-corrected chi connectivity index (χ1v) is 6.91. The molecule has 88 valence electrons. The molecule has 1 amide bonds. The molecule has 0 radical (unpaired) electrons. The second-order valence-electron chi connectivity index (χ2n) is 3.44. The SMILES string of the molecule is CCN(CCCCl)C(=O)c1cccc(I)c1. The van der Waals surface area contributed by atoms with Gasteiger partial charge in [0.25, 0.3) is 5.91 Å². The maximum Gasteiger partial charge on any atom is 0.253 e. The third-order valence-corrected chi connectivity index (χ3v) is 3.24. The maximum atomic E-state index is 12.1. The van der Waals surface area contributed by atoms with E-state index in [1.807, 2.05) is 36.1 Å². The Hall–Kier alpha value is -0.290. The number of carbonyl (C=O) groups is 1. The fourth-order valence-electron chi connectivity index (χ4n) is 1.46. The molecule has 0 aliphatic heterocycles. The predicted octanol–water partition coefficient (Wildman–Crippen LogP) is 3.38. The van der Waals surface area contributed by atoms with Crippen LogP contribution in [0, 0.1) is 3.57 Å². The van der Waals surface area contributed by atoms with Crippen molar-refractivity contribution in [1.82, 2.24) is 4.90 Å². The minimum atomic E-state index is 0.0890. The Bertz CT molecular complexity index is 357. The molecule has 0 spiro atoms. The lowest BCUT2D eigenvalue weighted by Gasteiger charge is -2.20. The summed E-state index contributed by atoms with van der Waals surface area (Å²) in [6, 6.07) is 7.65. The van der Waals surface area contributed by atoms with Crippen LogP contribution in [-0.4, -0.2) is 29.8 Å². The van der Waals surface area contributed by atoms with Crippen molar-refractivity contribution in [3.63, 3.8) is 0 Å². The first-order chi connectivity index (χ1) is 7.69. The molecule has 0 aliphatic carbocycles. The Morgan fingerprint density at radius 1 is 1.50 bits per heavy atom. The Kier molecular flexibility index (Phi) is 6.13. The molecule has 1 aromatic rings. The molecule has 1 aromatic carbocycles. The van der Waals surface area contributed by atoms with Gasteiger partial charge in [0.05, 0.1) is 0 Å². The van der Waals surface area contributed by atoms with Crippen molar-refractivity contribution in [1.29, 1.82) is 0 Å². The van der Waals surface area contributed by atoms with Crippen LogP contribution < -0.4 is 0 Å². The normalized spacial score (nSPS) is 10.2. The van der Waals surface area contributed by atoms with E-state index in [-0.39, 0.29) is 5.91 Å². The summed E-state index contributed by atoms with van der Waals surface area (Å²) in [6.07, 6.45) is 0.838. The van der Waals surface area contributed by atoms with Gasteiger partial charge in [-0.25, -0.2) is 0 Å². The van der Waals surface area contributed by atoms with Gasteiger partial charge >= 0.3 is 0 Å². The van der Waals surface area contributed by atoms with Gasteiger partial charge in [0, 0.05) is 28.1 Å². The zero-order chi connectivity index (χ0) is 12.0. The summed E-state index contributed by atoms with van der Waals surface area (Å²) in [5.41, 5.74) is 0.753. The average molecular weight is 352 g/mol. The largest absolute Gasteiger partial charge is 0.339 e. The van der Waals surface area contributed by atoms with Crippen molar-refractivity contribution in [3.8, 4) is 0 Å². The lowest BCUT2D eigenvalue weighted by atomic mass is 10.2. The number of hydrogen-bond acceptors (Lipinski definition) is 1. The lowest BCUT2D eigenvalue weighted by Crippen LogP contribution is -2.32. The van der Waals surface area contributed by atoms with Crippen LogP contribution in [0.1, 0.15) is 23.7 Å². The van der Waals surface area contributed by atoms with E-state index in [4.69, 9.17) is 11.6 Å². The van der Waals surface area contributed by atoms with Crippen LogP contribution in [0.3, 0.4) is 0 Å². The molecule has 0 aliphatic rings. The molecule has 0 saturated carbocycles. The minimum absolute atomic E-state index is 0.0890. The first-order valence-electron chi connectivity index (χ1n) is 5.29. The average Bonchev–Trinajstić information content (AvgIpc) is 2.29. The number of rotatable bonds is 5. The molecular weight excluding hydrogens is 336 g/mol. The molecule has 0 bridgehead atoms. The van der Waals surface area contributed by atoms with E-state index in [1.165, 1.54) is 0 Å². The highest BCUT2D eigenvalue weighted by Gasteiger charge is 2.13. The smallest absolute Gasteiger partial charge is 0.253 e. The summed E-state index contributed by atoms with van der Waals surface area (Å²) >= 11 is 7.85. The van der Waals surface area contributed by atoms with Crippen LogP contribution in [0.5, 0.6) is 0 Å². The van der Waals surface area contributed by atoms with Crippen molar-refractivity contribution in [2.45, 2.75) is 13.3 Å². The standard InChI is InChI=1S/C12H15ClINO/c1-2-15(8-4-7-13)12(16)10-5-3-6-11(14)9-10/h3,5-6,9H,2,4,7-8H2,1H3. The highest BCUT2D eigenvalue weighted by molar-refractivity contribution is 14.1. The summed E-state index contributed by atoms with van der Waals surface area (Å²) in [7, 11) is 0. The van der Waals surface area contributed by atoms with Crippen LogP contribution >= 0.6 is 34.2 Å². The first kappa shape index (κ1) is 13.8. The molecule has 0 unspecified atom stereocenters. The Balaban J connectivity index is 2.74. The van der Waals surface area contributed by atoms with E-state index in [0.29, 0.717) is 5.88 Å². The van der Waals surface area contributed by atoms with Crippen LogP contribution in [0.15, 0.2) is 24.3 Å². The molecule has 0 aromatic heterocycles. The summed E-state index contributed by atoms with van der Waals surface area (Å²) in [5.74, 6) is 0.682. The number of halogens is 2. The van der Waals surface area contributed by atoms with Crippen molar-refractivity contribution < 1.29 is 4.79 Å². The lowest BCUT2D eigenvalue weighted by molar-refractivity contribution is 0.0765. The van der Waals surface area contributed by atoms with Crippen LogP contribution in [0.25, 0.3) is 0 Å². The molecule has 4 heteroatoms. The summed E-state index contributed by atoms with van der Waals surface area (Å²) in [6.45, 7) is 3.44. The van der Waals surface area contributed by atoms with E-state index in [2.05, 4.69) is 22.6 Å². The number of hydrogen-bond donors (Lipinski definition) is 0. The fraction of sp³-hybridized carbons (Fsp3) is 0.417. The Morgan fingerprint density at radius 3 is 2.81 bits per heavy atom. The number of nitrogens with zero attached hydrogens (tertiary/aromatic N) is 1. The zero-order valence-electron chi connectivity index (χ0n) is 9.25. The third kappa shape index (κ3) is 3.94. The summed E-state index contributed by atoms with van der Waals surface area (Å²) < 4.78 is 1.08. The van der Waals surface area contributed by atoms with Crippen molar-refractivity contribution >= 4 is 40.1 Å². The predicted molar refractivity (Wildman–Crippen MR) is 76.1 cm³/mol. The van der Waals surface area contributed by atoms with Crippen molar-refractivity contribution in [3.05, 3.63) is 33.4 Å². The van der Waals surface area contributed by atoms with Gasteiger partial charge in [0.15, 0.2) is 0 Å². The molecule has 16 heavy (non-hydrogen) atoms. The quantitative estimate of drug-likeness (QED) is 0.588. The molecule has 0 N–H and O–H groups in total. The zero-order valence-corrected chi connectivity index (χ0v) is 12.2. The number of amides is 1. The number of carbonyl (C=O) groups excluding carboxylic acids is 1. The summed E-state index contributed by atoms with van der Waals surface area (Å²) in [4.78, 5) is 13.9. The van der Waals surface area contributed by atoms with Crippen molar-refractivity contribution in [2.75, 3.05) is 19.0 Å². The van der Waals surface area contributed by atoms with Gasteiger partial charge in [-0.1, -0.05) is 6.07 Å². The van der Waals surface area contributed by atoms with Gasteiger partial charge < -0.3 is 4.90 Å². The van der Waals surface area contributed by atoms with Crippen LogP contribution in [0.2, 0.25) is 0 Å². The highest BCUT2D eigenvalue weighted by atomic mass is 127. The van der Waals surface area contributed by atoms with E-state index in [0.717, 1.165) is 28.6 Å². The summed E-state index contributed by atoms with van der Waals surface area (Å²) in [5, 5.41) is 0. The molecule has 0 heterocycles. The van der Waals surface area contributed by atoms with E-state index < -0.39 is 0 Å². The van der Waals surface area contributed by atoms with Gasteiger partial charge in [-0.15, -0.1) is 11.6 Å². The topological polar surface area (TPSA) is 20.3 Å². The third-order valence-electron chi connectivity index (χ3n) is 2.30. The van der Waals surface area contributed by atoms with Crippen LogP contribution in [0.4, 0.5) is 0 Å². The van der Waals surface area contributed by atoms with E-state index >= 15 is 0 Å². The molecule has 0 fully saturated rings. The monoisotopic (exact) mass is 351 g/mol. The minimum Gasteiger partial charge on any atom is -0.339 e. The van der Waals surface area contributed by atoms with E-state index in [9.17, 15) is 4.79 Å². The van der Waals surface area contributed by atoms with Gasteiger partial charge in [-0.3, -0.25) is 4.79 Å². The van der Waals surface area contributed by atoms with Gasteiger partial charge in [-0.2, -0.15) is 0 Å². The molecule has 0 saturated heterocycles. The fourth-order valence-corrected chi connectivity index (χ4v) is 2.12. The van der Waals surface area contributed by atoms with Gasteiger partial charge in [0.1, 0.15) is 0 Å². The molecule has 1 rings (SSSR count). The Morgan fingerprint density at radius 2 is 2.25 bits per heavy atom. The number of alkyl halides is 1.